The molecule has 2 aliphatic rings. The molecule has 0 N–H and O–H groups in total. The summed E-state index contributed by atoms with van der Waals surface area (Å²) in [5.74, 6) is 0. The van der Waals surface area contributed by atoms with Crippen LogP contribution in [0, 0.1) is 0 Å². The third-order valence-electron chi connectivity index (χ3n) is 4.64. The Hall–Kier alpha value is -1.35. The van der Waals surface area contributed by atoms with Gasteiger partial charge in [-0.2, -0.15) is 0 Å². The van der Waals surface area contributed by atoms with Crippen LogP contribution >= 0.6 is 0 Å². The molecule has 114 valence electrons. The number of nitrogens with zero attached hydrogens (tertiary/aromatic N) is 2. The number of hydrogen-bond donors (Lipinski definition) is 0. The van der Waals surface area contributed by atoms with E-state index in [1.54, 1.807) is 0 Å². The van der Waals surface area contributed by atoms with Crippen molar-refractivity contribution in [3.05, 3.63) is 35.9 Å². The lowest BCUT2D eigenvalue weighted by atomic mass is 9.79. The van der Waals surface area contributed by atoms with Gasteiger partial charge in [-0.15, -0.1) is 0 Å². The molecule has 0 amide bonds. The van der Waals surface area contributed by atoms with E-state index >= 15 is 0 Å². The van der Waals surface area contributed by atoms with Crippen molar-refractivity contribution in [1.82, 2.24) is 4.90 Å². The highest BCUT2D eigenvalue weighted by atomic mass is 16.5. The topological polar surface area (TPSA) is 24.8 Å². The zero-order chi connectivity index (χ0) is 14.5. The quantitative estimate of drug-likeness (QED) is 0.826. The van der Waals surface area contributed by atoms with Crippen molar-refractivity contribution in [1.29, 1.82) is 0 Å². The van der Waals surface area contributed by atoms with Crippen LogP contribution in [-0.2, 0) is 10.3 Å². The molecule has 3 heteroatoms. The van der Waals surface area contributed by atoms with Crippen LogP contribution in [0.15, 0.2) is 35.3 Å². The van der Waals surface area contributed by atoms with Crippen molar-refractivity contribution in [3.8, 4) is 0 Å². The molecule has 1 fully saturated rings. The molecule has 1 aromatic rings. The van der Waals surface area contributed by atoms with Crippen LogP contribution in [0.1, 0.15) is 44.6 Å². The summed E-state index contributed by atoms with van der Waals surface area (Å²) in [6.07, 6.45) is 8.37. The minimum atomic E-state index is -0.0736. The van der Waals surface area contributed by atoms with Crippen LogP contribution in [0.2, 0.25) is 0 Å². The zero-order valence-electron chi connectivity index (χ0n) is 13.0. The first-order chi connectivity index (χ1) is 10.3. The lowest BCUT2D eigenvalue weighted by Crippen LogP contribution is -2.39. The molecule has 1 aliphatic carbocycles. The van der Waals surface area contributed by atoms with E-state index in [4.69, 9.17) is 4.74 Å². The van der Waals surface area contributed by atoms with E-state index in [1.165, 1.54) is 24.8 Å². The molecule has 1 unspecified atom stereocenters. The van der Waals surface area contributed by atoms with Crippen molar-refractivity contribution >= 4 is 6.34 Å². The molecular formula is C18H26N2O. The minimum Gasteiger partial charge on any atom is -0.366 e. The Morgan fingerprint density at radius 3 is 2.62 bits per heavy atom. The van der Waals surface area contributed by atoms with Crippen molar-refractivity contribution in [3.63, 3.8) is 0 Å². The van der Waals surface area contributed by atoms with Gasteiger partial charge in [0.1, 0.15) is 0 Å². The van der Waals surface area contributed by atoms with E-state index in [0.29, 0.717) is 0 Å². The summed E-state index contributed by atoms with van der Waals surface area (Å²) in [5, 5.41) is 0. The predicted octanol–water partition coefficient (Wildman–Crippen LogP) is 3.60. The Balaban J connectivity index is 1.71. The standard InChI is InChI=1S/C18H26N2O/c1-16(14-20-13-12-19-15-20)21-18(10-6-3-7-11-18)17-8-4-2-5-9-17/h2,4-5,8-9,15-16H,3,6-7,10-14H2,1H3. The Morgan fingerprint density at radius 2 is 1.95 bits per heavy atom. The van der Waals surface area contributed by atoms with Crippen molar-refractivity contribution < 1.29 is 4.74 Å². The van der Waals surface area contributed by atoms with Crippen LogP contribution < -0.4 is 0 Å². The molecule has 0 bridgehead atoms. The maximum absolute atomic E-state index is 6.62. The monoisotopic (exact) mass is 286 g/mol. The smallest absolute Gasteiger partial charge is 0.0935 e. The lowest BCUT2D eigenvalue weighted by molar-refractivity contribution is -0.117. The number of ether oxygens (including phenoxy) is 1. The maximum atomic E-state index is 6.62. The molecule has 1 atom stereocenters. The molecule has 1 aromatic carbocycles. The van der Waals surface area contributed by atoms with Gasteiger partial charge in [-0.25, -0.2) is 0 Å². The van der Waals surface area contributed by atoms with Crippen LogP contribution in [-0.4, -0.2) is 37.0 Å². The SMILES string of the molecule is CC(CN1C=NCC1)OC1(c2ccccc2)CCCCC1. The van der Waals surface area contributed by atoms with Gasteiger partial charge in [0.05, 0.1) is 24.6 Å². The second kappa shape index (κ2) is 6.61. The molecule has 1 aliphatic heterocycles. The number of rotatable bonds is 5. The van der Waals surface area contributed by atoms with E-state index < -0.39 is 0 Å². The Kier molecular flexibility index (Phi) is 4.59. The molecule has 0 spiro atoms. The maximum Gasteiger partial charge on any atom is 0.0935 e. The van der Waals surface area contributed by atoms with Crippen molar-refractivity contribution in [2.24, 2.45) is 4.99 Å². The molecular weight excluding hydrogens is 260 g/mol. The summed E-state index contributed by atoms with van der Waals surface area (Å²) in [7, 11) is 0. The number of benzene rings is 1. The fourth-order valence-corrected chi connectivity index (χ4v) is 3.65. The summed E-state index contributed by atoms with van der Waals surface area (Å²) in [6, 6.07) is 10.8. The van der Waals surface area contributed by atoms with Gasteiger partial charge in [-0.1, -0.05) is 49.6 Å². The molecule has 3 rings (SSSR count). The van der Waals surface area contributed by atoms with Gasteiger partial charge < -0.3 is 9.64 Å². The summed E-state index contributed by atoms with van der Waals surface area (Å²) in [5.41, 5.74) is 1.28. The van der Waals surface area contributed by atoms with Crippen LogP contribution in [0.3, 0.4) is 0 Å². The highest BCUT2D eigenvalue weighted by Gasteiger charge is 2.36. The van der Waals surface area contributed by atoms with Gasteiger partial charge >= 0.3 is 0 Å². The van der Waals surface area contributed by atoms with Gasteiger partial charge in [0.25, 0.3) is 0 Å². The Morgan fingerprint density at radius 1 is 1.19 bits per heavy atom. The highest BCUT2D eigenvalue weighted by Crippen LogP contribution is 2.41. The van der Waals surface area contributed by atoms with Gasteiger partial charge in [0.15, 0.2) is 0 Å². The largest absolute Gasteiger partial charge is 0.366 e. The van der Waals surface area contributed by atoms with Gasteiger partial charge in [0.2, 0.25) is 0 Å². The number of aliphatic imine (C=N–C) groups is 1. The van der Waals surface area contributed by atoms with E-state index in [1.807, 2.05) is 6.34 Å². The summed E-state index contributed by atoms with van der Waals surface area (Å²) < 4.78 is 6.62. The first-order valence-electron chi connectivity index (χ1n) is 8.26. The third-order valence-corrected chi connectivity index (χ3v) is 4.64. The molecule has 1 saturated carbocycles. The molecule has 1 heterocycles. The second-order valence-corrected chi connectivity index (χ2v) is 6.37. The van der Waals surface area contributed by atoms with Gasteiger partial charge in [-0.05, 0) is 25.3 Å². The Bertz CT molecular complexity index is 465. The van der Waals surface area contributed by atoms with Crippen LogP contribution in [0.5, 0.6) is 0 Å². The van der Waals surface area contributed by atoms with Crippen molar-refractivity contribution in [2.75, 3.05) is 19.6 Å². The first-order valence-corrected chi connectivity index (χ1v) is 8.26. The number of hydrogen-bond acceptors (Lipinski definition) is 3. The van der Waals surface area contributed by atoms with Crippen LogP contribution in [0.25, 0.3) is 0 Å². The zero-order valence-corrected chi connectivity index (χ0v) is 13.0. The first kappa shape index (κ1) is 14.6. The van der Waals surface area contributed by atoms with E-state index in [9.17, 15) is 0 Å². The van der Waals surface area contributed by atoms with E-state index in [2.05, 4.69) is 47.1 Å². The highest BCUT2D eigenvalue weighted by molar-refractivity contribution is 5.57. The second-order valence-electron chi connectivity index (χ2n) is 6.37. The van der Waals surface area contributed by atoms with Gasteiger partial charge in [-0.3, -0.25) is 4.99 Å². The molecule has 21 heavy (non-hydrogen) atoms. The minimum absolute atomic E-state index is 0.0736. The predicted molar refractivity (Wildman–Crippen MR) is 86.7 cm³/mol. The summed E-state index contributed by atoms with van der Waals surface area (Å²) >= 11 is 0. The fraction of sp³-hybridized carbons (Fsp3) is 0.611. The van der Waals surface area contributed by atoms with E-state index in [-0.39, 0.29) is 11.7 Å². The van der Waals surface area contributed by atoms with Crippen molar-refractivity contribution in [2.45, 2.75) is 50.7 Å². The normalized spacial score (nSPS) is 22.4. The third kappa shape index (κ3) is 3.46. The Labute approximate surface area is 128 Å². The summed E-state index contributed by atoms with van der Waals surface area (Å²) in [4.78, 5) is 6.56. The average Bonchev–Trinajstić information content (AvgIpc) is 3.02. The van der Waals surface area contributed by atoms with Gasteiger partial charge in [0, 0.05) is 13.1 Å². The molecule has 0 aromatic heterocycles. The molecule has 3 nitrogen and oxygen atoms in total. The lowest BCUT2D eigenvalue weighted by Gasteiger charge is -2.40. The fourth-order valence-electron chi connectivity index (χ4n) is 3.65. The molecule has 0 saturated heterocycles. The average molecular weight is 286 g/mol. The molecule has 0 radical (unpaired) electrons. The summed E-state index contributed by atoms with van der Waals surface area (Å²) in [6.45, 7) is 5.10. The van der Waals surface area contributed by atoms with E-state index in [0.717, 1.165) is 32.5 Å². The van der Waals surface area contributed by atoms with Crippen LogP contribution in [0.4, 0.5) is 0 Å².